The Bertz CT molecular complexity index is 1450. The number of fused-ring (bicyclic) bond motifs is 1. The first-order valence-corrected chi connectivity index (χ1v) is 13.5. The van der Waals surface area contributed by atoms with Gasteiger partial charge in [-0.15, -0.1) is 0 Å². The Morgan fingerprint density at radius 2 is 1.62 bits per heavy atom. The maximum Gasteiger partial charge on any atom is 0.254 e. The van der Waals surface area contributed by atoms with Crippen molar-refractivity contribution in [3.63, 3.8) is 0 Å². The third-order valence-electron chi connectivity index (χ3n) is 7.30. The lowest BCUT2D eigenvalue weighted by atomic mass is 10.1. The molecule has 0 aliphatic carbocycles. The van der Waals surface area contributed by atoms with Gasteiger partial charge in [-0.25, -0.2) is 8.78 Å². The molecule has 0 radical (unpaired) electrons. The van der Waals surface area contributed by atoms with Crippen molar-refractivity contribution in [3.05, 3.63) is 101 Å². The molecule has 1 heterocycles. The van der Waals surface area contributed by atoms with Gasteiger partial charge in [0.1, 0.15) is 18.2 Å². The number of halogens is 2. The molecule has 0 saturated heterocycles. The van der Waals surface area contributed by atoms with E-state index in [1.807, 2.05) is 81.5 Å². The topological polar surface area (TPSA) is 59.7 Å². The number of hydrogen-bond acceptors (Lipinski definition) is 3. The van der Waals surface area contributed by atoms with Crippen molar-refractivity contribution in [1.82, 2.24) is 14.8 Å². The van der Waals surface area contributed by atoms with Crippen LogP contribution in [0.25, 0.3) is 10.9 Å². The summed E-state index contributed by atoms with van der Waals surface area (Å²) in [5.41, 5.74) is 4.03. The molecular weight excluding hydrogens is 510 g/mol. The summed E-state index contributed by atoms with van der Waals surface area (Å²) in [6, 6.07) is 18.5. The van der Waals surface area contributed by atoms with Crippen molar-refractivity contribution in [1.29, 1.82) is 0 Å². The van der Waals surface area contributed by atoms with Gasteiger partial charge < -0.3 is 19.7 Å². The molecule has 0 saturated carbocycles. The Labute approximate surface area is 234 Å². The zero-order chi connectivity index (χ0) is 28.8. The molecule has 4 aromatic rings. The van der Waals surface area contributed by atoms with Crippen LogP contribution in [-0.4, -0.2) is 59.8 Å². The number of rotatable bonds is 11. The number of aromatic nitrogens is 1. The number of nitrogens with zero attached hydrogens (tertiary/aromatic N) is 3. The lowest BCUT2D eigenvalue weighted by molar-refractivity contribution is -0.133. The molecule has 1 unspecified atom stereocenters. The highest BCUT2D eigenvalue weighted by Gasteiger charge is 2.26. The average Bonchev–Trinajstić information content (AvgIpc) is 3.35. The van der Waals surface area contributed by atoms with Crippen molar-refractivity contribution in [2.45, 2.75) is 39.3 Å². The molecule has 210 valence electrons. The minimum atomic E-state index is -0.833. The van der Waals surface area contributed by atoms with Crippen LogP contribution in [0.15, 0.2) is 72.9 Å². The van der Waals surface area contributed by atoms with E-state index in [1.54, 1.807) is 4.90 Å². The minimum absolute atomic E-state index is 0.116. The quantitative estimate of drug-likeness (QED) is 0.250. The van der Waals surface area contributed by atoms with Gasteiger partial charge in [0.15, 0.2) is 0 Å². The van der Waals surface area contributed by atoms with Gasteiger partial charge in [-0.3, -0.25) is 9.59 Å². The molecule has 3 aromatic carbocycles. The number of aromatic amines is 1. The lowest BCUT2D eigenvalue weighted by Crippen LogP contribution is -2.47. The summed E-state index contributed by atoms with van der Waals surface area (Å²) in [6.07, 6.45) is 3.17. The smallest absolute Gasteiger partial charge is 0.254 e. The summed E-state index contributed by atoms with van der Waals surface area (Å²) in [5.74, 6) is -2.48. The fraction of sp³-hybridized carbons (Fsp3) is 0.312. The number of H-pyrrole nitrogens is 1. The molecule has 0 fully saturated rings. The molecule has 0 aliphatic heterocycles. The van der Waals surface area contributed by atoms with Gasteiger partial charge >= 0.3 is 0 Å². The van der Waals surface area contributed by atoms with Crippen molar-refractivity contribution >= 4 is 28.4 Å². The van der Waals surface area contributed by atoms with E-state index in [9.17, 15) is 18.4 Å². The van der Waals surface area contributed by atoms with Gasteiger partial charge in [0, 0.05) is 67.6 Å². The van der Waals surface area contributed by atoms with Crippen LogP contribution in [0, 0.1) is 11.6 Å². The van der Waals surface area contributed by atoms with Crippen LogP contribution in [0.2, 0.25) is 0 Å². The van der Waals surface area contributed by atoms with Crippen LogP contribution in [-0.2, 0) is 17.8 Å². The zero-order valence-corrected chi connectivity index (χ0v) is 23.5. The van der Waals surface area contributed by atoms with E-state index in [4.69, 9.17) is 0 Å². The van der Waals surface area contributed by atoms with E-state index in [-0.39, 0.29) is 24.1 Å². The zero-order valence-electron chi connectivity index (χ0n) is 23.5. The number of nitrogens with one attached hydrogen (secondary N) is 1. The van der Waals surface area contributed by atoms with Gasteiger partial charge in [0.05, 0.1) is 0 Å². The highest BCUT2D eigenvalue weighted by Crippen LogP contribution is 2.20. The molecule has 8 heteroatoms. The van der Waals surface area contributed by atoms with E-state index in [0.717, 1.165) is 45.9 Å². The number of benzene rings is 3. The van der Waals surface area contributed by atoms with Gasteiger partial charge in [-0.2, -0.15) is 0 Å². The SMILES string of the molecule is CCC(C)N(CC(=O)N(CCc1c[nH]c2ccccc12)Cc1ccc(N(C)C)cc1)C(=O)c1cc(F)cc(F)c1. The number of hydrogen-bond donors (Lipinski definition) is 1. The number of anilines is 1. The maximum absolute atomic E-state index is 13.9. The molecule has 1 atom stereocenters. The van der Waals surface area contributed by atoms with Crippen LogP contribution in [0.5, 0.6) is 0 Å². The van der Waals surface area contributed by atoms with Gasteiger partial charge in [0.2, 0.25) is 5.91 Å². The van der Waals surface area contributed by atoms with Gasteiger partial charge in [-0.05, 0) is 61.2 Å². The minimum Gasteiger partial charge on any atom is -0.378 e. The second-order valence-corrected chi connectivity index (χ2v) is 10.3. The van der Waals surface area contributed by atoms with Crippen molar-refractivity contribution < 1.29 is 18.4 Å². The average molecular weight is 547 g/mol. The second kappa shape index (κ2) is 12.8. The van der Waals surface area contributed by atoms with Gasteiger partial charge in [-0.1, -0.05) is 37.3 Å². The molecule has 4 rings (SSSR count). The molecule has 6 nitrogen and oxygen atoms in total. The van der Waals surface area contributed by atoms with Crippen molar-refractivity contribution in [3.8, 4) is 0 Å². The Morgan fingerprint density at radius 3 is 2.27 bits per heavy atom. The first-order chi connectivity index (χ1) is 19.2. The van der Waals surface area contributed by atoms with Crippen LogP contribution in [0.1, 0.15) is 41.8 Å². The third kappa shape index (κ3) is 6.86. The highest BCUT2D eigenvalue weighted by atomic mass is 19.1. The predicted octanol–water partition coefficient (Wildman–Crippen LogP) is 6.02. The number of amides is 2. The molecule has 1 N–H and O–H groups in total. The fourth-order valence-corrected chi connectivity index (χ4v) is 4.74. The summed E-state index contributed by atoms with van der Waals surface area (Å²) in [5, 5.41) is 1.11. The largest absolute Gasteiger partial charge is 0.378 e. The Kier molecular flexibility index (Phi) is 9.19. The van der Waals surface area contributed by atoms with Crippen LogP contribution < -0.4 is 4.90 Å². The molecule has 2 amide bonds. The summed E-state index contributed by atoms with van der Waals surface area (Å²) in [7, 11) is 3.94. The molecule has 40 heavy (non-hydrogen) atoms. The Morgan fingerprint density at radius 1 is 0.950 bits per heavy atom. The van der Waals surface area contributed by atoms with E-state index < -0.39 is 17.5 Å². The number of carbonyl (C=O) groups is 2. The molecular formula is C32H36F2N4O2. The number of para-hydroxylation sites is 1. The standard InChI is InChI=1S/C32H36F2N4O2/c1-5-22(2)38(32(40)25-16-26(33)18-27(34)17-25)21-31(39)37(20-23-10-12-28(13-11-23)36(3)4)15-14-24-19-35-30-9-7-6-8-29(24)30/h6-13,16-19,22,35H,5,14-15,20-21H2,1-4H3. The number of carbonyl (C=O) groups excluding carboxylic acids is 2. The van der Waals surface area contributed by atoms with E-state index in [1.165, 1.54) is 4.90 Å². The summed E-state index contributed by atoms with van der Waals surface area (Å²) >= 11 is 0. The lowest BCUT2D eigenvalue weighted by Gasteiger charge is -2.31. The third-order valence-corrected chi connectivity index (χ3v) is 7.30. The van der Waals surface area contributed by atoms with Crippen molar-refractivity contribution in [2.24, 2.45) is 0 Å². The summed E-state index contributed by atoms with van der Waals surface area (Å²) in [6.45, 7) is 4.34. The first-order valence-electron chi connectivity index (χ1n) is 13.5. The maximum atomic E-state index is 13.9. The molecule has 0 aliphatic rings. The van der Waals surface area contributed by atoms with Crippen molar-refractivity contribution in [2.75, 3.05) is 32.1 Å². The van der Waals surface area contributed by atoms with E-state index in [2.05, 4.69) is 11.1 Å². The highest BCUT2D eigenvalue weighted by molar-refractivity contribution is 5.96. The fourth-order valence-electron chi connectivity index (χ4n) is 4.74. The van der Waals surface area contributed by atoms with Gasteiger partial charge in [0.25, 0.3) is 5.91 Å². The molecule has 0 bridgehead atoms. The normalized spacial score (nSPS) is 11.8. The Hall–Kier alpha value is -4.20. The second-order valence-electron chi connectivity index (χ2n) is 10.3. The first kappa shape index (κ1) is 28.8. The van der Waals surface area contributed by atoms with Crippen LogP contribution in [0.4, 0.5) is 14.5 Å². The summed E-state index contributed by atoms with van der Waals surface area (Å²) in [4.78, 5) is 35.6. The molecule has 1 aromatic heterocycles. The van der Waals surface area contributed by atoms with E-state index >= 15 is 0 Å². The Balaban J connectivity index is 1.59. The molecule has 0 spiro atoms. The predicted molar refractivity (Wildman–Crippen MR) is 155 cm³/mol. The monoisotopic (exact) mass is 546 g/mol. The summed E-state index contributed by atoms with van der Waals surface area (Å²) < 4.78 is 27.8. The van der Waals surface area contributed by atoms with Crippen LogP contribution >= 0.6 is 0 Å². The van der Waals surface area contributed by atoms with E-state index in [0.29, 0.717) is 25.9 Å². The van der Waals surface area contributed by atoms with Crippen LogP contribution in [0.3, 0.4) is 0 Å².